The molecule has 122 valence electrons. The number of hydrogen-bond acceptors (Lipinski definition) is 6. The number of nitrogens with one attached hydrogen (secondary N) is 2. The maximum Gasteiger partial charge on any atom is 0.134 e. The van der Waals surface area contributed by atoms with Crippen LogP contribution in [0.15, 0.2) is 12.4 Å². The highest BCUT2D eigenvalue weighted by Gasteiger charge is 2.27. The van der Waals surface area contributed by atoms with E-state index in [4.69, 9.17) is 0 Å². The monoisotopic (exact) mass is 305 g/mol. The molecule has 2 aliphatic heterocycles. The molecule has 0 radical (unpaired) electrons. The molecule has 3 rings (SSSR count). The van der Waals surface area contributed by atoms with Crippen molar-refractivity contribution >= 4 is 11.6 Å². The Morgan fingerprint density at radius 1 is 1.41 bits per heavy atom. The Hall–Kier alpha value is -1.40. The van der Waals surface area contributed by atoms with Crippen molar-refractivity contribution in [3.63, 3.8) is 0 Å². The molecule has 2 fully saturated rings. The lowest BCUT2D eigenvalue weighted by atomic mass is 9.81. The lowest BCUT2D eigenvalue weighted by molar-refractivity contribution is 0.247. The highest BCUT2D eigenvalue weighted by Crippen LogP contribution is 2.29. The lowest BCUT2D eigenvalue weighted by Crippen LogP contribution is -2.39. The van der Waals surface area contributed by atoms with Gasteiger partial charge in [0.1, 0.15) is 18.0 Å². The summed E-state index contributed by atoms with van der Waals surface area (Å²) in [6, 6.07) is 2.21. The van der Waals surface area contributed by atoms with Crippen LogP contribution in [0.3, 0.4) is 0 Å². The molecule has 1 unspecified atom stereocenters. The van der Waals surface area contributed by atoms with E-state index in [1.807, 2.05) is 6.07 Å². The highest BCUT2D eigenvalue weighted by molar-refractivity contribution is 5.50. The molecule has 2 saturated heterocycles. The standard InChI is InChI=1S/C16H27N5O/c1-16(4-6-17-7-5-16)11-18-14-9-15(20-12-19-14)21-8-2-3-13(21)10-22/h9,12-13,17,22H,2-8,10-11H2,1H3,(H,18,19,20). The number of aromatic nitrogens is 2. The second-order valence-corrected chi connectivity index (χ2v) is 6.85. The predicted octanol–water partition coefficient (Wildman–Crippen LogP) is 1.24. The normalized spacial score (nSPS) is 24.5. The average molecular weight is 305 g/mol. The summed E-state index contributed by atoms with van der Waals surface area (Å²) < 4.78 is 0. The molecule has 3 heterocycles. The molecule has 1 aromatic rings. The topological polar surface area (TPSA) is 73.3 Å². The van der Waals surface area contributed by atoms with Crippen molar-refractivity contribution in [3.8, 4) is 0 Å². The van der Waals surface area contributed by atoms with Crippen molar-refractivity contribution in [2.45, 2.75) is 38.6 Å². The van der Waals surface area contributed by atoms with Gasteiger partial charge in [0.2, 0.25) is 0 Å². The Morgan fingerprint density at radius 2 is 2.23 bits per heavy atom. The third-order valence-corrected chi connectivity index (χ3v) is 5.04. The van der Waals surface area contributed by atoms with E-state index < -0.39 is 0 Å². The molecule has 0 aromatic carbocycles. The molecule has 0 aliphatic carbocycles. The average Bonchev–Trinajstić information content (AvgIpc) is 3.03. The Kier molecular flexibility index (Phi) is 4.78. The third kappa shape index (κ3) is 3.50. The van der Waals surface area contributed by atoms with Crippen LogP contribution in [0.25, 0.3) is 0 Å². The Balaban J connectivity index is 1.64. The van der Waals surface area contributed by atoms with Crippen LogP contribution in [-0.4, -0.2) is 53.9 Å². The molecule has 0 bridgehead atoms. The number of nitrogens with zero attached hydrogens (tertiary/aromatic N) is 3. The molecule has 6 heteroatoms. The SMILES string of the molecule is CC1(CNc2cc(N3CCCC3CO)ncn2)CCNCC1. The fourth-order valence-electron chi connectivity index (χ4n) is 3.44. The smallest absolute Gasteiger partial charge is 0.134 e. The Morgan fingerprint density at radius 3 is 3.00 bits per heavy atom. The largest absolute Gasteiger partial charge is 0.394 e. The summed E-state index contributed by atoms with van der Waals surface area (Å²) >= 11 is 0. The number of anilines is 2. The molecule has 22 heavy (non-hydrogen) atoms. The number of hydrogen-bond donors (Lipinski definition) is 3. The van der Waals surface area contributed by atoms with Gasteiger partial charge in [-0.2, -0.15) is 0 Å². The summed E-state index contributed by atoms with van der Waals surface area (Å²) in [6.07, 6.45) is 6.15. The van der Waals surface area contributed by atoms with E-state index in [2.05, 4.69) is 32.4 Å². The Bertz CT molecular complexity index is 489. The molecular weight excluding hydrogens is 278 g/mol. The van der Waals surface area contributed by atoms with Gasteiger partial charge in [0.15, 0.2) is 0 Å². The van der Waals surface area contributed by atoms with Gasteiger partial charge in [0, 0.05) is 19.2 Å². The fraction of sp³-hybridized carbons (Fsp3) is 0.750. The molecule has 6 nitrogen and oxygen atoms in total. The number of aliphatic hydroxyl groups is 1. The number of aliphatic hydroxyl groups excluding tert-OH is 1. The molecule has 0 saturated carbocycles. The van der Waals surface area contributed by atoms with E-state index in [0.29, 0.717) is 5.41 Å². The maximum atomic E-state index is 9.47. The van der Waals surface area contributed by atoms with Crippen LogP contribution in [-0.2, 0) is 0 Å². The van der Waals surface area contributed by atoms with E-state index in [1.165, 1.54) is 12.8 Å². The zero-order valence-electron chi connectivity index (χ0n) is 13.4. The molecule has 1 atom stereocenters. The van der Waals surface area contributed by atoms with Crippen molar-refractivity contribution in [3.05, 3.63) is 12.4 Å². The fourth-order valence-corrected chi connectivity index (χ4v) is 3.44. The third-order valence-electron chi connectivity index (χ3n) is 5.04. The summed E-state index contributed by atoms with van der Waals surface area (Å²) in [5.74, 6) is 1.80. The first-order valence-corrected chi connectivity index (χ1v) is 8.34. The molecule has 3 N–H and O–H groups in total. The minimum Gasteiger partial charge on any atom is -0.394 e. The van der Waals surface area contributed by atoms with Crippen molar-refractivity contribution in [2.75, 3.05) is 43.0 Å². The van der Waals surface area contributed by atoms with Gasteiger partial charge in [0.05, 0.1) is 12.6 Å². The van der Waals surface area contributed by atoms with Crippen LogP contribution in [0.5, 0.6) is 0 Å². The van der Waals surface area contributed by atoms with E-state index in [1.54, 1.807) is 6.33 Å². The second kappa shape index (κ2) is 6.79. The molecule has 2 aliphatic rings. The van der Waals surface area contributed by atoms with E-state index in [-0.39, 0.29) is 12.6 Å². The summed E-state index contributed by atoms with van der Waals surface area (Å²) in [6.45, 7) is 6.63. The summed E-state index contributed by atoms with van der Waals surface area (Å²) in [4.78, 5) is 10.9. The van der Waals surface area contributed by atoms with Gasteiger partial charge in [-0.05, 0) is 44.2 Å². The van der Waals surface area contributed by atoms with Crippen LogP contribution in [0.4, 0.5) is 11.6 Å². The van der Waals surface area contributed by atoms with Gasteiger partial charge >= 0.3 is 0 Å². The molecule has 0 amide bonds. The first-order chi connectivity index (χ1) is 10.7. The summed E-state index contributed by atoms with van der Waals surface area (Å²) in [5, 5.41) is 16.4. The minimum absolute atomic E-state index is 0.192. The van der Waals surface area contributed by atoms with Crippen LogP contribution in [0, 0.1) is 5.41 Å². The van der Waals surface area contributed by atoms with Crippen molar-refractivity contribution in [1.29, 1.82) is 0 Å². The van der Waals surface area contributed by atoms with E-state index >= 15 is 0 Å². The van der Waals surface area contributed by atoms with Crippen LogP contribution in [0.1, 0.15) is 32.6 Å². The Labute approximate surface area is 132 Å². The zero-order chi connectivity index (χ0) is 15.4. The quantitative estimate of drug-likeness (QED) is 0.760. The van der Waals surface area contributed by atoms with E-state index in [0.717, 1.165) is 50.7 Å². The first kappa shape index (κ1) is 15.5. The van der Waals surface area contributed by atoms with Crippen LogP contribution in [0.2, 0.25) is 0 Å². The van der Waals surface area contributed by atoms with Crippen LogP contribution >= 0.6 is 0 Å². The summed E-state index contributed by atoms with van der Waals surface area (Å²) in [7, 11) is 0. The number of rotatable bonds is 5. The van der Waals surface area contributed by atoms with Gasteiger partial charge in [-0.15, -0.1) is 0 Å². The lowest BCUT2D eigenvalue weighted by Gasteiger charge is -2.34. The van der Waals surface area contributed by atoms with Crippen molar-refractivity contribution < 1.29 is 5.11 Å². The molecule has 0 spiro atoms. The summed E-state index contributed by atoms with van der Waals surface area (Å²) in [5.41, 5.74) is 0.331. The van der Waals surface area contributed by atoms with Crippen molar-refractivity contribution in [1.82, 2.24) is 15.3 Å². The van der Waals surface area contributed by atoms with Gasteiger partial charge < -0.3 is 20.6 Å². The first-order valence-electron chi connectivity index (χ1n) is 8.34. The molecule has 1 aromatic heterocycles. The second-order valence-electron chi connectivity index (χ2n) is 6.85. The van der Waals surface area contributed by atoms with E-state index in [9.17, 15) is 5.11 Å². The van der Waals surface area contributed by atoms with Crippen molar-refractivity contribution in [2.24, 2.45) is 5.41 Å². The zero-order valence-corrected chi connectivity index (χ0v) is 13.4. The highest BCUT2D eigenvalue weighted by atomic mass is 16.3. The predicted molar refractivity (Wildman–Crippen MR) is 88.2 cm³/mol. The number of piperidine rings is 1. The van der Waals surface area contributed by atoms with Crippen LogP contribution < -0.4 is 15.5 Å². The molecular formula is C16H27N5O. The van der Waals surface area contributed by atoms with Gasteiger partial charge in [-0.1, -0.05) is 6.92 Å². The van der Waals surface area contributed by atoms with Gasteiger partial charge in [0.25, 0.3) is 0 Å². The van der Waals surface area contributed by atoms with Gasteiger partial charge in [-0.25, -0.2) is 9.97 Å². The maximum absolute atomic E-state index is 9.47. The minimum atomic E-state index is 0.192. The van der Waals surface area contributed by atoms with Gasteiger partial charge in [-0.3, -0.25) is 0 Å².